The molecule has 7 heteroatoms. The Bertz CT molecular complexity index is 1010. The lowest BCUT2D eigenvalue weighted by Gasteiger charge is -2.11. The first-order chi connectivity index (χ1) is 12.9. The Labute approximate surface area is 178 Å². The Morgan fingerprint density at radius 2 is 1.56 bits per heavy atom. The Morgan fingerprint density at radius 3 is 2.26 bits per heavy atom. The number of hydrogen-bond acceptors (Lipinski definition) is 2. The lowest BCUT2D eigenvalue weighted by molar-refractivity contribution is 0.101. The van der Waals surface area contributed by atoms with E-state index in [0.717, 1.165) is 4.47 Å². The third kappa shape index (κ3) is 4.97. The van der Waals surface area contributed by atoms with Crippen molar-refractivity contribution < 1.29 is 9.59 Å². The molecule has 0 aromatic heterocycles. The third-order valence-electron chi connectivity index (χ3n) is 3.68. The van der Waals surface area contributed by atoms with Crippen molar-refractivity contribution in [2.24, 2.45) is 0 Å². The molecule has 0 aliphatic rings. The summed E-state index contributed by atoms with van der Waals surface area (Å²) in [7, 11) is 0. The third-order valence-corrected chi connectivity index (χ3v) is 5.16. The van der Waals surface area contributed by atoms with Gasteiger partial charge in [-0.05, 0) is 64.5 Å². The lowest BCUT2D eigenvalue weighted by Crippen LogP contribution is -2.14. The van der Waals surface area contributed by atoms with Gasteiger partial charge in [0.25, 0.3) is 11.8 Å². The Kier molecular flexibility index (Phi) is 6.31. The Balaban J connectivity index is 1.74. The Hall–Kier alpha value is -2.15. The second-order valence-corrected chi connectivity index (χ2v) is 7.77. The van der Waals surface area contributed by atoms with E-state index in [1.165, 1.54) is 0 Å². The van der Waals surface area contributed by atoms with E-state index in [4.69, 9.17) is 11.6 Å². The first-order valence-corrected chi connectivity index (χ1v) is 9.83. The van der Waals surface area contributed by atoms with Gasteiger partial charge in [0.2, 0.25) is 0 Å². The van der Waals surface area contributed by atoms with E-state index in [2.05, 4.69) is 42.5 Å². The molecule has 0 aliphatic carbocycles. The molecule has 3 aromatic carbocycles. The maximum absolute atomic E-state index is 12.4. The molecule has 0 unspecified atom stereocenters. The number of carbonyl (C=O) groups is 2. The molecular weight excluding hydrogens is 495 g/mol. The highest BCUT2D eigenvalue weighted by atomic mass is 79.9. The van der Waals surface area contributed by atoms with Crippen molar-refractivity contribution in [3.05, 3.63) is 91.8 Å². The minimum absolute atomic E-state index is 0.214. The van der Waals surface area contributed by atoms with E-state index in [1.54, 1.807) is 60.7 Å². The van der Waals surface area contributed by atoms with Crippen LogP contribution in [0.15, 0.2) is 75.7 Å². The van der Waals surface area contributed by atoms with Crippen LogP contribution in [0, 0.1) is 0 Å². The maximum atomic E-state index is 12.4. The molecule has 2 N–H and O–H groups in total. The predicted molar refractivity (Wildman–Crippen MR) is 116 cm³/mol. The van der Waals surface area contributed by atoms with Crippen LogP contribution in [0.5, 0.6) is 0 Å². The highest BCUT2D eigenvalue weighted by molar-refractivity contribution is 9.10. The topological polar surface area (TPSA) is 58.2 Å². The van der Waals surface area contributed by atoms with E-state index in [0.29, 0.717) is 32.0 Å². The van der Waals surface area contributed by atoms with E-state index >= 15 is 0 Å². The summed E-state index contributed by atoms with van der Waals surface area (Å²) in [5.41, 5.74) is 2.10. The molecule has 27 heavy (non-hydrogen) atoms. The van der Waals surface area contributed by atoms with E-state index in [1.807, 2.05) is 6.07 Å². The molecule has 136 valence electrons. The summed E-state index contributed by atoms with van der Waals surface area (Å²) in [5.74, 6) is -0.539. The van der Waals surface area contributed by atoms with E-state index < -0.39 is 0 Å². The zero-order chi connectivity index (χ0) is 19.4. The fraction of sp³-hybridized carbons (Fsp3) is 0. The molecular formula is C20H13Br2ClN2O2. The number of benzene rings is 3. The minimum Gasteiger partial charge on any atom is -0.322 e. The predicted octanol–water partition coefficient (Wildman–Crippen LogP) is 6.37. The molecule has 0 heterocycles. The molecule has 0 saturated carbocycles. The van der Waals surface area contributed by atoms with Crippen molar-refractivity contribution in [1.29, 1.82) is 0 Å². The van der Waals surface area contributed by atoms with Gasteiger partial charge < -0.3 is 10.6 Å². The van der Waals surface area contributed by atoms with Gasteiger partial charge in [0.15, 0.2) is 0 Å². The number of rotatable bonds is 4. The van der Waals surface area contributed by atoms with Gasteiger partial charge in [-0.25, -0.2) is 0 Å². The fourth-order valence-corrected chi connectivity index (χ4v) is 3.39. The summed E-state index contributed by atoms with van der Waals surface area (Å²) in [5, 5.41) is 5.98. The van der Waals surface area contributed by atoms with Gasteiger partial charge in [-0.15, -0.1) is 0 Å². The van der Waals surface area contributed by atoms with Crippen molar-refractivity contribution in [2.45, 2.75) is 0 Å². The number of hydrogen-bond donors (Lipinski definition) is 2. The SMILES string of the molecule is O=C(Nc1ccc(NC(=O)c2cc(Br)ccc2Cl)cc1Br)c1ccccc1. The van der Waals surface area contributed by atoms with Crippen LogP contribution >= 0.6 is 43.5 Å². The summed E-state index contributed by atoms with van der Waals surface area (Å²) < 4.78 is 1.40. The molecule has 0 aliphatic heterocycles. The first kappa shape index (κ1) is 19.6. The smallest absolute Gasteiger partial charge is 0.257 e. The second kappa shape index (κ2) is 8.69. The van der Waals surface area contributed by atoms with Crippen LogP contribution in [-0.4, -0.2) is 11.8 Å². The number of amides is 2. The largest absolute Gasteiger partial charge is 0.322 e. The van der Waals surface area contributed by atoms with Gasteiger partial charge in [-0.1, -0.05) is 45.7 Å². The van der Waals surface area contributed by atoms with Gasteiger partial charge >= 0.3 is 0 Å². The minimum atomic E-state index is -0.325. The highest BCUT2D eigenvalue weighted by Gasteiger charge is 2.13. The molecule has 0 atom stereocenters. The average Bonchev–Trinajstić information content (AvgIpc) is 2.66. The van der Waals surface area contributed by atoms with Gasteiger partial charge in [0.05, 0.1) is 16.3 Å². The summed E-state index contributed by atoms with van der Waals surface area (Å²) in [6.07, 6.45) is 0. The molecule has 3 aromatic rings. The molecule has 3 rings (SSSR count). The van der Waals surface area contributed by atoms with Crippen LogP contribution in [0.25, 0.3) is 0 Å². The van der Waals surface area contributed by atoms with Gasteiger partial charge in [-0.3, -0.25) is 9.59 Å². The number of anilines is 2. The zero-order valence-corrected chi connectivity index (χ0v) is 17.7. The van der Waals surface area contributed by atoms with Gasteiger partial charge in [-0.2, -0.15) is 0 Å². The van der Waals surface area contributed by atoms with Crippen molar-refractivity contribution in [3.8, 4) is 0 Å². The van der Waals surface area contributed by atoms with Crippen molar-refractivity contribution in [3.63, 3.8) is 0 Å². The van der Waals surface area contributed by atoms with Crippen molar-refractivity contribution in [2.75, 3.05) is 10.6 Å². The summed E-state index contributed by atoms with van der Waals surface area (Å²) in [6, 6.07) is 19.1. The maximum Gasteiger partial charge on any atom is 0.257 e. The normalized spacial score (nSPS) is 10.3. The fourth-order valence-electron chi connectivity index (χ4n) is 2.35. The Morgan fingerprint density at radius 1 is 0.815 bits per heavy atom. The van der Waals surface area contributed by atoms with Crippen molar-refractivity contribution in [1.82, 2.24) is 0 Å². The first-order valence-electron chi connectivity index (χ1n) is 7.86. The van der Waals surface area contributed by atoms with Crippen LogP contribution in [-0.2, 0) is 0 Å². The quantitative estimate of drug-likeness (QED) is 0.430. The zero-order valence-electron chi connectivity index (χ0n) is 13.8. The number of halogens is 3. The van der Waals surface area contributed by atoms with Crippen LogP contribution in [0.2, 0.25) is 5.02 Å². The van der Waals surface area contributed by atoms with Crippen molar-refractivity contribution >= 4 is 66.6 Å². The molecule has 0 fully saturated rings. The van der Waals surface area contributed by atoms with E-state index in [-0.39, 0.29) is 11.8 Å². The molecule has 4 nitrogen and oxygen atoms in total. The van der Waals surface area contributed by atoms with Gasteiger partial charge in [0.1, 0.15) is 0 Å². The molecule has 0 radical (unpaired) electrons. The summed E-state index contributed by atoms with van der Waals surface area (Å²) >= 11 is 12.8. The second-order valence-electron chi connectivity index (χ2n) is 5.59. The number of nitrogens with one attached hydrogen (secondary N) is 2. The molecule has 0 bridgehead atoms. The van der Waals surface area contributed by atoms with Crippen LogP contribution in [0.3, 0.4) is 0 Å². The average molecular weight is 509 g/mol. The standard InChI is InChI=1S/C20H13Br2ClN2O2/c21-13-6-8-17(23)15(10-13)20(27)24-14-7-9-18(16(22)11-14)25-19(26)12-4-2-1-3-5-12/h1-11H,(H,24,27)(H,25,26). The van der Waals surface area contributed by atoms with Crippen LogP contribution < -0.4 is 10.6 Å². The summed E-state index contributed by atoms with van der Waals surface area (Å²) in [6.45, 7) is 0. The van der Waals surface area contributed by atoms with Crippen LogP contribution in [0.1, 0.15) is 20.7 Å². The molecule has 0 spiro atoms. The lowest BCUT2D eigenvalue weighted by atomic mass is 10.2. The molecule has 2 amide bonds. The monoisotopic (exact) mass is 506 g/mol. The van der Waals surface area contributed by atoms with E-state index in [9.17, 15) is 9.59 Å². The van der Waals surface area contributed by atoms with Gasteiger partial charge in [0, 0.05) is 20.2 Å². The highest BCUT2D eigenvalue weighted by Crippen LogP contribution is 2.28. The molecule has 0 saturated heterocycles. The number of carbonyl (C=O) groups excluding carboxylic acids is 2. The summed E-state index contributed by atoms with van der Waals surface area (Å²) in [4.78, 5) is 24.7. The van der Waals surface area contributed by atoms with Crippen LogP contribution in [0.4, 0.5) is 11.4 Å².